The molecule has 4 aromatic heterocycles. The van der Waals surface area contributed by atoms with E-state index < -0.39 is 166 Å². The molecule has 2 atom stereocenters. The Bertz CT molecular complexity index is 4150. The van der Waals surface area contributed by atoms with Crippen molar-refractivity contribution < 1.29 is 90.0 Å². The quantitative estimate of drug-likeness (QED) is 0.0433. The Morgan fingerprint density at radius 1 is 0.552 bits per heavy atom. The van der Waals surface area contributed by atoms with Gasteiger partial charge in [0, 0.05) is 65.9 Å². The summed E-state index contributed by atoms with van der Waals surface area (Å²) in [5, 5.41) is 7.01. The summed E-state index contributed by atoms with van der Waals surface area (Å²) in [4.78, 5) is 58.7. The number of Topliss-reactive ketones (excluding diaryl/α,β-unsaturated/α-hetero) is 2. The summed E-state index contributed by atoms with van der Waals surface area (Å²) in [5.74, 6) is -9.06. The predicted molar refractivity (Wildman–Crippen MR) is 330 cm³/mol. The van der Waals surface area contributed by atoms with Crippen molar-refractivity contribution in [2.75, 3.05) is 0 Å². The maximum absolute atomic E-state index is 14.2. The zero-order valence-corrected chi connectivity index (χ0v) is 52.8. The monoisotopic (exact) mass is 1410 g/mol. The Kier molecular flexibility index (Phi) is 24.4. The minimum atomic E-state index is -3.26. The van der Waals surface area contributed by atoms with Gasteiger partial charge in [0.05, 0.1) is 38.2 Å². The van der Waals surface area contributed by atoms with E-state index in [1.807, 2.05) is 27.7 Å². The van der Waals surface area contributed by atoms with Crippen LogP contribution in [0.25, 0.3) is 28.3 Å². The minimum Gasteiger partial charge on any atom is -0.400 e. The Morgan fingerprint density at radius 2 is 0.938 bits per heavy atom. The topological polar surface area (TPSA) is 200 Å². The van der Waals surface area contributed by atoms with Crippen molar-refractivity contribution in [1.82, 2.24) is 29.5 Å². The van der Waals surface area contributed by atoms with Crippen LogP contribution in [-0.2, 0) is 44.8 Å². The molecule has 4 aromatic carbocycles. The first-order valence-electron chi connectivity index (χ1n) is 28.8. The molecule has 5 heterocycles. The summed E-state index contributed by atoms with van der Waals surface area (Å²) in [5.41, 5.74) is 6.79. The molecular weight excluding hydrogens is 1360 g/mol. The number of alkyl halides is 8. The number of ketones is 2. The Morgan fingerprint density at radius 3 is 1.28 bits per heavy atom. The highest BCUT2D eigenvalue weighted by Gasteiger charge is 2.50. The summed E-state index contributed by atoms with van der Waals surface area (Å²) < 4.78 is 205. The first-order chi connectivity index (χ1) is 45.1. The van der Waals surface area contributed by atoms with Gasteiger partial charge in [0.15, 0.2) is 11.6 Å². The number of hydrogen-bond acceptors (Lipinski definition) is 10. The molecule has 1 saturated heterocycles. The van der Waals surface area contributed by atoms with Gasteiger partial charge in [0.1, 0.15) is 70.8 Å². The number of benzene rings is 4. The zero-order valence-electron chi connectivity index (χ0n) is 51.2. The third-order valence-corrected chi connectivity index (χ3v) is 16.3. The molecule has 0 aliphatic carbocycles. The van der Waals surface area contributed by atoms with Gasteiger partial charge in [-0.25, -0.2) is 61.5 Å². The number of pyridine rings is 2. The van der Waals surface area contributed by atoms with E-state index in [4.69, 9.17) is 20.8 Å². The molecule has 4 N–H and O–H groups in total. The minimum absolute atomic E-state index is 0.130. The Labute approximate surface area is 548 Å². The smallest absolute Gasteiger partial charge is 0.400 e. The molecule has 0 bridgehead atoms. The fourth-order valence-corrected chi connectivity index (χ4v) is 11.1. The van der Waals surface area contributed by atoms with Crippen LogP contribution in [0.5, 0.6) is 0 Å². The second-order valence-electron chi connectivity index (χ2n) is 22.7. The average molecular weight is 1420 g/mol. The Balaban J connectivity index is 0.000000233. The highest BCUT2D eigenvalue weighted by Crippen LogP contribution is 2.40. The molecule has 96 heavy (non-hydrogen) atoms. The van der Waals surface area contributed by atoms with Crippen LogP contribution < -0.4 is 11.5 Å². The van der Waals surface area contributed by atoms with Crippen LogP contribution >= 0.6 is 15.9 Å². The first kappa shape index (κ1) is 74.2. The third-order valence-electron chi connectivity index (χ3n) is 15.5. The maximum atomic E-state index is 14.2. The number of halogens is 15. The van der Waals surface area contributed by atoms with E-state index in [1.54, 1.807) is 18.1 Å². The Hall–Kier alpha value is -9.16. The summed E-state index contributed by atoms with van der Waals surface area (Å²) in [6, 6.07) is 18.7. The molecule has 0 unspecified atom stereocenters. The van der Waals surface area contributed by atoms with Crippen LogP contribution in [0.15, 0.2) is 133 Å². The molecule has 8 aromatic rings. The number of primary amides is 2. The van der Waals surface area contributed by atoms with Gasteiger partial charge in [-0.15, -0.1) is 6.58 Å². The first-order valence-corrected chi connectivity index (χ1v) is 29.6. The standard InChI is InChI=1S/C30H23F7N4O2.C28H20BrF7N4O2.C8H15BO2/c1-2-21-26(28(34)35)40-41(27(21)29(36)37)14-20(42)11-17(8-15-9-18(31)13-19(32)10-15)25-22(4-3-7-39-25)16-5-6-24(33)23(12-16)30(38)43;29-22-24(26(33)34)39-40(25(22)27(35)36)12-18(41)9-15(6-13-7-16(30)11-17(31)8-13)23-19(2-1-5-38-23)14-3-4-21(32)20(10-14)28(37)42;1-6-9-10-7(2,3)8(4,5)11-9/h2-7,9-10,12-13,17,28-29H,1,8,11,14H2,(H2,38,43);1-5,7-8,10-11,15,26-27H,6,9,12H2,(H2,37,42);6H,1H2,2-5H3/t17-;15-;/m11./s1. The summed E-state index contributed by atoms with van der Waals surface area (Å²) in [6.07, 6.45) is -10.6. The summed E-state index contributed by atoms with van der Waals surface area (Å²) >= 11 is 2.70. The SMILES string of the molecule is C=CB1OC(C)(C)C(C)(C)O1.C=Cc1c(C(F)F)nn(CC(=O)C[C@@H](Cc2cc(F)cc(F)c2)c2ncccc2-c2ccc(F)c(C(N)=O)c2)c1C(F)F.NC(=O)c1cc(-c2cccnc2[C@@H](CC(=O)Cn2nc(C(F)F)c(Br)c2C(F)F)Cc2cc(F)cc(F)c2)ccc1F. The summed E-state index contributed by atoms with van der Waals surface area (Å²) in [7, 11) is -0.250. The highest BCUT2D eigenvalue weighted by molar-refractivity contribution is 9.10. The fourth-order valence-electron chi connectivity index (χ4n) is 10.5. The van der Waals surface area contributed by atoms with Gasteiger partial charge in [-0.2, -0.15) is 10.2 Å². The van der Waals surface area contributed by atoms with Crippen molar-refractivity contribution >= 4 is 52.5 Å². The zero-order chi connectivity index (χ0) is 70.8. The molecular formula is C66H58BBrF14N8O6. The second-order valence-corrected chi connectivity index (χ2v) is 23.5. The van der Waals surface area contributed by atoms with Crippen molar-refractivity contribution in [3.63, 3.8) is 0 Å². The lowest BCUT2D eigenvalue weighted by molar-refractivity contribution is -0.121. The van der Waals surface area contributed by atoms with Gasteiger partial charge in [0.2, 0.25) is 0 Å². The molecule has 30 heteroatoms. The lowest BCUT2D eigenvalue weighted by Gasteiger charge is -2.32. The van der Waals surface area contributed by atoms with E-state index in [2.05, 4.69) is 49.3 Å². The number of amides is 2. The number of nitrogens with two attached hydrogens (primary N) is 2. The number of carbonyl (C=O) groups excluding carboxylic acids is 4. The molecule has 0 radical (unpaired) electrons. The lowest BCUT2D eigenvalue weighted by Crippen LogP contribution is -2.41. The largest absolute Gasteiger partial charge is 0.486 e. The van der Waals surface area contributed by atoms with Gasteiger partial charge in [-0.05, 0) is 139 Å². The molecule has 1 aliphatic rings. The van der Waals surface area contributed by atoms with E-state index in [9.17, 15) is 80.6 Å². The fraction of sp³-hybridized carbons (Fsp3) is 0.273. The van der Waals surface area contributed by atoms with Crippen molar-refractivity contribution in [2.45, 2.75) is 115 Å². The predicted octanol–water partition coefficient (Wildman–Crippen LogP) is 15.9. The molecule has 1 fully saturated rings. The van der Waals surface area contributed by atoms with Crippen LogP contribution in [0.4, 0.5) is 61.5 Å². The van der Waals surface area contributed by atoms with Gasteiger partial charge < -0.3 is 20.8 Å². The molecule has 0 saturated carbocycles. The van der Waals surface area contributed by atoms with Crippen LogP contribution in [-0.4, -0.2) is 71.2 Å². The molecule has 506 valence electrons. The van der Waals surface area contributed by atoms with Crippen LogP contribution in [0, 0.1) is 34.9 Å². The number of aromatic nitrogens is 6. The van der Waals surface area contributed by atoms with Crippen LogP contribution in [0.1, 0.15) is 150 Å². The van der Waals surface area contributed by atoms with Gasteiger partial charge in [0.25, 0.3) is 37.5 Å². The lowest BCUT2D eigenvalue weighted by atomic mass is 9.86. The number of rotatable bonds is 24. The van der Waals surface area contributed by atoms with Crippen LogP contribution in [0.3, 0.4) is 0 Å². The number of hydrogen-bond donors (Lipinski definition) is 2. The van der Waals surface area contributed by atoms with Crippen molar-refractivity contribution in [1.29, 1.82) is 0 Å². The normalized spacial score (nSPS) is 13.9. The van der Waals surface area contributed by atoms with Crippen molar-refractivity contribution in [3.05, 3.63) is 230 Å². The number of carbonyl (C=O) groups is 4. The average Bonchev–Trinajstić information content (AvgIpc) is 1.36. The van der Waals surface area contributed by atoms with Crippen molar-refractivity contribution in [2.24, 2.45) is 11.5 Å². The van der Waals surface area contributed by atoms with Gasteiger partial charge >= 0.3 is 7.12 Å². The third kappa shape index (κ3) is 18.0. The van der Waals surface area contributed by atoms with E-state index in [-0.39, 0.29) is 64.8 Å². The summed E-state index contributed by atoms with van der Waals surface area (Å²) in [6.45, 7) is 13.4. The molecule has 1 aliphatic heterocycles. The van der Waals surface area contributed by atoms with E-state index in [0.717, 1.165) is 42.5 Å². The highest BCUT2D eigenvalue weighted by atomic mass is 79.9. The molecule has 9 rings (SSSR count). The van der Waals surface area contributed by atoms with E-state index in [0.29, 0.717) is 32.6 Å². The maximum Gasteiger partial charge on any atom is 0.486 e. The van der Waals surface area contributed by atoms with E-state index >= 15 is 0 Å². The van der Waals surface area contributed by atoms with Gasteiger partial charge in [-0.1, -0.05) is 42.9 Å². The number of nitrogens with zero attached hydrogens (tertiary/aromatic N) is 6. The van der Waals surface area contributed by atoms with E-state index in [1.165, 1.54) is 48.8 Å². The molecule has 0 spiro atoms. The second kappa shape index (κ2) is 31.6. The van der Waals surface area contributed by atoms with Gasteiger partial charge in [-0.3, -0.25) is 38.5 Å². The molecule has 14 nitrogen and oxygen atoms in total. The van der Waals surface area contributed by atoms with Crippen molar-refractivity contribution in [3.8, 4) is 22.3 Å². The molecule has 2 amide bonds. The van der Waals surface area contributed by atoms with Crippen LogP contribution in [0.2, 0.25) is 0 Å².